The maximum atomic E-state index is 11.8. The standard InChI is InChI=1S/C15H31NO2SSi/c1-14(2,3)19(17)16-11-12-9-13(10-12)18-20(7,8)15(4,5)6/h11-13H,9-10H2,1-8H3/b16-11+/t12-,13+,19?. The van der Waals surface area contributed by atoms with Crippen LogP contribution in [0, 0.1) is 5.92 Å². The molecule has 0 N–H and O–H groups in total. The van der Waals surface area contributed by atoms with E-state index in [4.69, 9.17) is 4.43 Å². The summed E-state index contributed by atoms with van der Waals surface area (Å²) in [5.74, 6) is 0.441. The van der Waals surface area contributed by atoms with Crippen LogP contribution >= 0.6 is 0 Å². The van der Waals surface area contributed by atoms with Crippen molar-refractivity contribution in [1.29, 1.82) is 0 Å². The molecule has 1 fully saturated rings. The molecular formula is C15H31NO2SSi. The fourth-order valence-corrected chi connectivity index (χ4v) is 3.70. The molecule has 0 saturated heterocycles. The quantitative estimate of drug-likeness (QED) is 0.440. The van der Waals surface area contributed by atoms with Crippen LogP contribution in [0.2, 0.25) is 18.1 Å². The van der Waals surface area contributed by atoms with E-state index >= 15 is 0 Å². The van der Waals surface area contributed by atoms with Gasteiger partial charge < -0.3 is 8.98 Å². The highest BCUT2D eigenvalue weighted by molar-refractivity contribution is 7.91. The highest BCUT2D eigenvalue weighted by Crippen LogP contribution is 2.41. The van der Waals surface area contributed by atoms with Crippen molar-refractivity contribution in [2.24, 2.45) is 10.3 Å². The van der Waals surface area contributed by atoms with Gasteiger partial charge >= 0.3 is 0 Å². The van der Waals surface area contributed by atoms with Crippen molar-refractivity contribution in [3.63, 3.8) is 0 Å². The lowest BCUT2D eigenvalue weighted by molar-refractivity contribution is 0.0816. The summed E-state index contributed by atoms with van der Waals surface area (Å²) in [6.45, 7) is 17.2. The summed E-state index contributed by atoms with van der Waals surface area (Å²) in [4.78, 5) is 0. The summed E-state index contributed by atoms with van der Waals surface area (Å²) in [5, 5.41) is 0.264. The summed E-state index contributed by atoms with van der Waals surface area (Å²) in [6, 6.07) is 0. The van der Waals surface area contributed by atoms with E-state index in [1.54, 1.807) is 0 Å². The molecule has 1 rings (SSSR count). The van der Waals surface area contributed by atoms with Crippen LogP contribution in [0.1, 0.15) is 54.4 Å². The topological polar surface area (TPSA) is 44.7 Å². The third kappa shape index (κ3) is 4.86. The third-order valence-corrected chi connectivity index (χ3v) is 10.2. The van der Waals surface area contributed by atoms with Gasteiger partial charge in [0.15, 0.2) is 8.32 Å². The number of rotatable bonds is 4. The summed E-state index contributed by atoms with van der Waals surface area (Å²) in [6.07, 6.45) is 4.30. The molecule has 0 aromatic carbocycles. The molecule has 0 amide bonds. The molecule has 0 aliphatic heterocycles. The molecule has 1 aliphatic rings. The molecule has 20 heavy (non-hydrogen) atoms. The van der Waals surface area contributed by atoms with E-state index in [1.807, 2.05) is 27.0 Å². The van der Waals surface area contributed by atoms with Crippen molar-refractivity contribution in [2.75, 3.05) is 0 Å². The fourth-order valence-electron chi connectivity index (χ4n) is 1.72. The largest absolute Gasteiger partial charge is 0.591 e. The van der Waals surface area contributed by atoms with Gasteiger partial charge in [0.25, 0.3) is 0 Å². The lowest BCUT2D eigenvalue weighted by Crippen LogP contribution is -2.47. The molecule has 1 atom stereocenters. The van der Waals surface area contributed by atoms with E-state index < -0.39 is 19.7 Å². The minimum Gasteiger partial charge on any atom is -0.591 e. The second-order valence-electron chi connectivity index (χ2n) is 8.35. The molecule has 0 heterocycles. The Balaban J connectivity index is 2.39. The monoisotopic (exact) mass is 317 g/mol. The summed E-state index contributed by atoms with van der Waals surface area (Å²) in [7, 11) is -1.65. The van der Waals surface area contributed by atoms with E-state index in [9.17, 15) is 4.55 Å². The summed E-state index contributed by atoms with van der Waals surface area (Å²) in [5.41, 5.74) is 0. The Hall–Kier alpha value is 0.157. The van der Waals surface area contributed by atoms with Crippen LogP contribution in [0.15, 0.2) is 4.40 Å². The van der Waals surface area contributed by atoms with E-state index in [2.05, 4.69) is 38.3 Å². The normalized spacial score (nSPS) is 26.6. The predicted molar refractivity (Wildman–Crippen MR) is 91.2 cm³/mol. The Bertz CT molecular complexity index is 352. The Kier molecular flexibility index (Phi) is 5.56. The maximum absolute atomic E-state index is 11.8. The minimum absolute atomic E-state index is 0.264. The molecule has 5 heteroatoms. The molecule has 3 nitrogen and oxygen atoms in total. The molecule has 0 aromatic heterocycles. The first-order chi connectivity index (χ1) is 8.83. The first-order valence-electron chi connectivity index (χ1n) is 7.47. The Morgan fingerprint density at radius 3 is 2.05 bits per heavy atom. The predicted octanol–water partition coefficient (Wildman–Crippen LogP) is 4.32. The van der Waals surface area contributed by atoms with E-state index in [0.717, 1.165) is 12.8 Å². The van der Waals surface area contributed by atoms with Gasteiger partial charge in [0.2, 0.25) is 0 Å². The van der Waals surface area contributed by atoms with Crippen molar-refractivity contribution < 1.29 is 8.98 Å². The van der Waals surface area contributed by atoms with Gasteiger partial charge in [-0.25, -0.2) is 0 Å². The Labute approximate surface area is 129 Å². The van der Waals surface area contributed by atoms with Gasteiger partial charge in [-0.05, 0) is 51.7 Å². The van der Waals surface area contributed by atoms with Gasteiger partial charge in [-0.15, -0.1) is 0 Å². The van der Waals surface area contributed by atoms with Crippen LogP contribution in [-0.4, -0.2) is 29.9 Å². The molecule has 1 saturated carbocycles. The molecular weight excluding hydrogens is 286 g/mol. The Morgan fingerprint density at radius 1 is 1.15 bits per heavy atom. The van der Waals surface area contributed by atoms with Crippen molar-refractivity contribution in [2.45, 2.75) is 83.4 Å². The van der Waals surface area contributed by atoms with Crippen molar-refractivity contribution in [3.05, 3.63) is 0 Å². The molecule has 1 aliphatic carbocycles. The minimum atomic E-state index is -1.65. The second kappa shape index (κ2) is 6.11. The van der Waals surface area contributed by atoms with Gasteiger partial charge in [0, 0.05) is 12.0 Å². The lowest BCUT2D eigenvalue weighted by atomic mass is 9.84. The SMILES string of the molecule is CC(C)(C)[S+]([O-])/N=C/[C@H]1C[C@@H](O[Si](C)(C)C(C)(C)C)C1. The lowest BCUT2D eigenvalue weighted by Gasteiger charge is -2.44. The third-order valence-electron chi connectivity index (χ3n) is 4.29. The first kappa shape index (κ1) is 18.2. The summed E-state index contributed by atoms with van der Waals surface area (Å²) >= 11 is -1.13. The molecule has 0 spiro atoms. The van der Waals surface area contributed by atoms with Crippen molar-refractivity contribution >= 4 is 25.9 Å². The summed E-state index contributed by atoms with van der Waals surface area (Å²) < 4.78 is 22.1. The van der Waals surface area contributed by atoms with Gasteiger partial charge in [-0.1, -0.05) is 25.2 Å². The van der Waals surface area contributed by atoms with Crippen LogP contribution < -0.4 is 0 Å². The van der Waals surface area contributed by atoms with E-state index in [1.165, 1.54) is 0 Å². The van der Waals surface area contributed by atoms with Crippen LogP contribution in [-0.2, 0) is 15.8 Å². The first-order valence-corrected chi connectivity index (χ1v) is 11.5. The second-order valence-corrected chi connectivity index (χ2v) is 15.0. The average molecular weight is 318 g/mol. The maximum Gasteiger partial charge on any atom is 0.192 e. The van der Waals surface area contributed by atoms with Crippen molar-refractivity contribution in [1.82, 2.24) is 0 Å². The zero-order valence-corrected chi connectivity index (χ0v) is 16.1. The van der Waals surface area contributed by atoms with Gasteiger partial charge in [0.1, 0.15) is 16.1 Å². The molecule has 1 unspecified atom stereocenters. The molecule has 0 aromatic rings. The number of hydrogen-bond acceptors (Lipinski definition) is 3. The van der Waals surface area contributed by atoms with Crippen molar-refractivity contribution in [3.8, 4) is 0 Å². The van der Waals surface area contributed by atoms with Crippen LogP contribution in [0.5, 0.6) is 0 Å². The van der Waals surface area contributed by atoms with Crippen LogP contribution in [0.4, 0.5) is 0 Å². The smallest absolute Gasteiger partial charge is 0.192 e. The molecule has 118 valence electrons. The van der Waals surface area contributed by atoms with Gasteiger partial charge in [0.05, 0.1) is 6.21 Å². The Morgan fingerprint density at radius 2 is 1.65 bits per heavy atom. The van der Waals surface area contributed by atoms with Crippen LogP contribution in [0.25, 0.3) is 0 Å². The van der Waals surface area contributed by atoms with Gasteiger partial charge in [-0.3, -0.25) is 0 Å². The average Bonchev–Trinajstić information content (AvgIpc) is 2.17. The zero-order valence-electron chi connectivity index (χ0n) is 14.3. The van der Waals surface area contributed by atoms with E-state index in [-0.39, 0.29) is 9.79 Å². The number of nitrogens with zero attached hydrogens (tertiary/aromatic N) is 1. The molecule has 0 radical (unpaired) electrons. The molecule has 0 bridgehead atoms. The highest BCUT2D eigenvalue weighted by atomic mass is 32.2. The highest BCUT2D eigenvalue weighted by Gasteiger charge is 2.42. The zero-order chi connectivity index (χ0) is 15.8. The fraction of sp³-hybridized carbons (Fsp3) is 0.933. The van der Waals surface area contributed by atoms with Gasteiger partial charge in [-0.2, -0.15) is 0 Å². The van der Waals surface area contributed by atoms with E-state index in [0.29, 0.717) is 12.0 Å². The van der Waals surface area contributed by atoms with Crippen LogP contribution in [0.3, 0.4) is 0 Å². The number of hydrogen-bond donors (Lipinski definition) is 0.